The van der Waals surface area contributed by atoms with Gasteiger partial charge in [-0.25, -0.2) is 4.98 Å². The zero-order chi connectivity index (χ0) is 22.4. The molecule has 0 aliphatic heterocycles. The van der Waals surface area contributed by atoms with Gasteiger partial charge in [-0.15, -0.1) is 0 Å². The molecule has 2 aromatic heterocycles. The molecule has 0 radical (unpaired) electrons. The first-order valence-electron chi connectivity index (χ1n) is 10.3. The van der Waals surface area contributed by atoms with Gasteiger partial charge in [-0.1, -0.05) is 47.7 Å². The number of thiazole rings is 1. The summed E-state index contributed by atoms with van der Waals surface area (Å²) in [4.78, 5) is 31.2. The molecule has 0 unspecified atom stereocenters. The molecule has 2 heterocycles. The summed E-state index contributed by atoms with van der Waals surface area (Å²) in [5, 5.41) is 4.59. The SMILES string of the molecule is Cc1ccc(-n2cc(C(=O)Nc3nc4c(C)cccc4s3)c3ccccc3c2=O)cc1C. The molecule has 1 amide bonds. The Bertz CT molecular complexity index is 1580. The number of carbonyl (C=O) groups is 1. The number of nitrogens with one attached hydrogen (secondary N) is 1. The molecule has 0 aliphatic carbocycles. The Labute approximate surface area is 189 Å². The number of anilines is 1. The van der Waals surface area contributed by atoms with E-state index in [9.17, 15) is 9.59 Å². The number of rotatable bonds is 3. The minimum atomic E-state index is -0.296. The van der Waals surface area contributed by atoms with Crippen LogP contribution in [0.5, 0.6) is 0 Å². The molecule has 0 saturated heterocycles. The van der Waals surface area contributed by atoms with Crippen molar-refractivity contribution in [2.24, 2.45) is 0 Å². The molecule has 0 atom stereocenters. The van der Waals surface area contributed by atoms with Gasteiger partial charge in [0, 0.05) is 22.7 Å². The average molecular weight is 440 g/mol. The smallest absolute Gasteiger partial charge is 0.262 e. The highest BCUT2D eigenvalue weighted by molar-refractivity contribution is 7.22. The van der Waals surface area contributed by atoms with E-state index < -0.39 is 0 Å². The number of pyridine rings is 1. The molecular weight excluding hydrogens is 418 g/mol. The number of benzene rings is 3. The van der Waals surface area contributed by atoms with Gasteiger partial charge in [0.25, 0.3) is 11.5 Å². The van der Waals surface area contributed by atoms with Crippen molar-refractivity contribution in [2.45, 2.75) is 20.8 Å². The summed E-state index contributed by atoms with van der Waals surface area (Å²) in [6, 6.07) is 19.0. The van der Waals surface area contributed by atoms with Crippen molar-refractivity contribution in [1.82, 2.24) is 9.55 Å². The zero-order valence-electron chi connectivity index (χ0n) is 18.0. The van der Waals surface area contributed by atoms with Crippen LogP contribution < -0.4 is 10.9 Å². The minimum Gasteiger partial charge on any atom is -0.298 e. The molecule has 3 aromatic carbocycles. The summed E-state index contributed by atoms with van der Waals surface area (Å²) in [5.74, 6) is -0.296. The van der Waals surface area contributed by atoms with Crippen molar-refractivity contribution >= 4 is 43.4 Å². The maximum absolute atomic E-state index is 13.3. The molecule has 1 N–H and O–H groups in total. The molecular formula is C26H21N3O2S. The highest BCUT2D eigenvalue weighted by Crippen LogP contribution is 2.29. The van der Waals surface area contributed by atoms with Crippen LogP contribution in [0.4, 0.5) is 5.13 Å². The molecule has 0 fully saturated rings. The Balaban J connectivity index is 1.64. The Morgan fingerprint density at radius 3 is 2.44 bits per heavy atom. The normalized spacial score (nSPS) is 11.2. The number of fused-ring (bicyclic) bond motifs is 2. The minimum absolute atomic E-state index is 0.156. The second-order valence-electron chi connectivity index (χ2n) is 7.93. The maximum Gasteiger partial charge on any atom is 0.262 e. The molecule has 158 valence electrons. The van der Waals surface area contributed by atoms with Crippen LogP contribution in [-0.2, 0) is 0 Å². The van der Waals surface area contributed by atoms with Gasteiger partial charge in [0.2, 0.25) is 0 Å². The van der Waals surface area contributed by atoms with Crippen LogP contribution in [0.25, 0.3) is 26.7 Å². The topological polar surface area (TPSA) is 64.0 Å². The summed E-state index contributed by atoms with van der Waals surface area (Å²) in [7, 11) is 0. The van der Waals surface area contributed by atoms with Gasteiger partial charge in [0.05, 0.1) is 15.8 Å². The average Bonchev–Trinajstić information content (AvgIpc) is 3.20. The van der Waals surface area contributed by atoms with E-state index in [0.29, 0.717) is 21.5 Å². The zero-order valence-corrected chi connectivity index (χ0v) is 18.8. The Morgan fingerprint density at radius 1 is 0.906 bits per heavy atom. The molecule has 0 spiro atoms. The monoisotopic (exact) mass is 439 g/mol. The van der Waals surface area contributed by atoms with Crippen molar-refractivity contribution < 1.29 is 4.79 Å². The van der Waals surface area contributed by atoms with E-state index >= 15 is 0 Å². The second kappa shape index (κ2) is 7.73. The highest BCUT2D eigenvalue weighted by Gasteiger charge is 2.17. The van der Waals surface area contributed by atoms with Crippen LogP contribution in [0.15, 0.2) is 71.7 Å². The molecule has 5 rings (SSSR count). The lowest BCUT2D eigenvalue weighted by Gasteiger charge is -2.13. The molecule has 0 bridgehead atoms. The predicted octanol–water partition coefficient (Wildman–Crippen LogP) is 5.78. The van der Waals surface area contributed by atoms with Crippen molar-refractivity contribution in [3.8, 4) is 5.69 Å². The van der Waals surface area contributed by atoms with Crippen LogP contribution in [0.2, 0.25) is 0 Å². The van der Waals surface area contributed by atoms with Gasteiger partial charge in [0.15, 0.2) is 5.13 Å². The summed E-state index contributed by atoms with van der Waals surface area (Å²) < 4.78 is 2.57. The summed E-state index contributed by atoms with van der Waals surface area (Å²) in [6.45, 7) is 6.04. The highest BCUT2D eigenvalue weighted by atomic mass is 32.1. The van der Waals surface area contributed by atoms with E-state index in [2.05, 4.69) is 10.3 Å². The van der Waals surface area contributed by atoms with Crippen LogP contribution in [0.3, 0.4) is 0 Å². The molecule has 32 heavy (non-hydrogen) atoms. The largest absolute Gasteiger partial charge is 0.298 e. The van der Waals surface area contributed by atoms with E-state index in [1.807, 2.05) is 69.3 Å². The lowest BCUT2D eigenvalue weighted by molar-refractivity contribution is 0.102. The van der Waals surface area contributed by atoms with Crippen molar-refractivity contribution in [2.75, 3.05) is 5.32 Å². The number of carbonyl (C=O) groups excluding carboxylic acids is 1. The summed E-state index contributed by atoms with van der Waals surface area (Å²) >= 11 is 1.44. The van der Waals surface area contributed by atoms with Crippen LogP contribution in [-0.4, -0.2) is 15.5 Å². The van der Waals surface area contributed by atoms with Crippen molar-refractivity contribution in [1.29, 1.82) is 0 Å². The fraction of sp³-hybridized carbons (Fsp3) is 0.115. The third-order valence-electron chi connectivity index (χ3n) is 5.78. The van der Waals surface area contributed by atoms with Crippen LogP contribution >= 0.6 is 11.3 Å². The first kappa shape index (κ1) is 20.2. The maximum atomic E-state index is 13.3. The van der Waals surface area contributed by atoms with Crippen molar-refractivity contribution in [3.63, 3.8) is 0 Å². The lowest BCUT2D eigenvalue weighted by atomic mass is 10.1. The fourth-order valence-corrected chi connectivity index (χ4v) is 4.78. The van der Waals surface area contributed by atoms with Crippen LogP contribution in [0, 0.1) is 20.8 Å². The predicted molar refractivity (Wildman–Crippen MR) is 131 cm³/mol. The van der Waals surface area contributed by atoms with E-state index in [1.165, 1.54) is 11.3 Å². The molecule has 5 aromatic rings. The molecule has 0 aliphatic rings. The van der Waals surface area contributed by atoms with Gasteiger partial charge in [0.1, 0.15) is 0 Å². The molecule has 6 heteroatoms. The Hall–Kier alpha value is -3.77. The van der Waals surface area contributed by atoms with E-state index in [0.717, 1.165) is 32.6 Å². The van der Waals surface area contributed by atoms with E-state index in [4.69, 9.17) is 0 Å². The second-order valence-corrected chi connectivity index (χ2v) is 8.96. The van der Waals surface area contributed by atoms with Gasteiger partial charge in [-0.3, -0.25) is 19.5 Å². The third-order valence-corrected chi connectivity index (χ3v) is 6.72. The molecule has 5 nitrogen and oxygen atoms in total. The van der Waals surface area contributed by atoms with E-state index in [1.54, 1.807) is 22.9 Å². The van der Waals surface area contributed by atoms with Gasteiger partial charge >= 0.3 is 0 Å². The Kier molecular flexibility index (Phi) is 4.87. The number of para-hydroxylation sites is 1. The first-order valence-corrected chi connectivity index (χ1v) is 11.1. The van der Waals surface area contributed by atoms with Gasteiger partial charge in [-0.2, -0.15) is 0 Å². The molecule has 0 saturated carbocycles. The number of nitrogens with zero attached hydrogens (tertiary/aromatic N) is 2. The fourth-order valence-electron chi connectivity index (χ4n) is 3.84. The summed E-state index contributed by atoms with van der Waals surface area (Å²) in [5.41, 5.74) is 5.18. The van der Waals surface area contributed by atoms with Gasteiger partial charge < -0.3 is 0 Å². The Morgan fingerprint density at radius 2 is 1.69 bits per heavy atom. The van der Waals surface area contributed by atoms with Crippen molar-refractivity contribution in [3.05, 3.63) is 99.5 Å². The third kappa shape index (κ3) is 3.39. The van der Waals surface area contributed by atoms with Gasteiger partial charge in [-0.05, 0) is 61.7 Å². The number of hydrogen-bond acceptors (Lipinski definition) is 4. The standard InChI is InChI=1S/C26H21N3O2S/c1-15-11-12-18(13-17(15)3)29-14-21(19-8-4-5-9-20(19)25(29)31)24(30)28-26-27-23-16(2)7-6-10-22(23)32-26/h4-14H,1-3H3,(H,27,28,30). The van der Waals surface area contributed by atoms with Crippen LogP contribution in [0.1, 0.15) is 27.0 Å². The first-order chi connectivity index (χ1) is 15.4. The number of aryl methyl sites for hydroxylation is 3. The number of aromatic nitrogens is 2. The van der Waals surface area contributed by atoms with E-state index in [-0.39, 0.29) is 11.5 Å². The number of hydrogen-bond donors (Lipinski definition) is 1. The number of amides is 1. The summed E-state index contributed by atoms with van der Waals surface area (Å²) in [6.07, 6.45) is 1.63. The lowest BCUT2D eigenvalue weighted by Crippen LogP contribution is -2.22. The quantitative estimate of drug-likeness (QED) is 0.388.